The molecule has 1 aliphatic heterocycles. The van der Waals surface area contributed by atoms with Crippen LogP contribution < -0.4 is 24.4 Å². The number of ether oxygens (including phenoxy) is 3. The molecule has 3 heterocycles. The highest BCUT2D eigenvalue weighted by atomic mass is 32.1. The van der Waals surface area contributed by atoms with Crippen LogP contribution in [-0.4, -0.2) is 39.8 Å². The lowest BCUT2D eigenvalue weighted by Gasteiger charge is -2.25. The number of methoxy groups -OCH3 is 1. The van der Waals surface area contributed by atoms with E-state index in [0.717, 1.165) is 27.7 Å². The summed E-state index contributed by atoms with van der Waals surface area (Å²) in [5, 5.41) is 12.1. The lowest BCUT2D eigenvalue weighted by Crippen LogP contribution is -2.40. The molecular formula is C37H36N4O7S. The van der Waals surface area contributed by atoms with Gasteiger partial charge in [-0.3, -0.25) is 19.5 Å². The number of benzene rings is 3. The molecule has 0 amide bonds. The van der Waals surface area contributed by atoms with Gasteiger partial charge in [-0.15, -0.1) is 0 Å². The van der Waals surface area contributed by atoms with E-state index in [9.17, 15) is 19.7 Å². The summed E-state index contributed by atoms with van der Waals surface area (Å²) in [5.41, 5.74) is 4.80. The van der Waals surface area contributed by atoms with Crippen molar-refractivity contribution in [3.05, 3.63) is 130 Å². The SMILES string of the molecule is CCOC(=O)C1=C(C)N=c2s/c(=C\c3c(C)n(Cc4ccc([N+](=O)[O-])cc4)c4ccccc34)c(=O)n2[C@@H]1c1ccc(OC(C)C)c(OC)c1. The first-order valence-electron chi connectivity index (χ1n) is 15.9. The van der Waals surface area contributed by atoms with Gasteiger partial charge >= 0.3 is 5.97 Å². The molecule has 0 N–H and O–H groups in total. The molecule has 0 saturated heterocycles. The van der Waals surface area contributed by atoms with Crippen molar-refractivity contribution in [3.63, 3.8) is 0 Å². The lowest BCUT2D eigenvalue weighted by atomic mass is 9.95. The Labute approximate surface area is 286 Å². The van der Waals surface area contributed by atoms with Gasteiger partial charge in [0.05, 0.1) is 46.6 Å². The largest absolute Gasteiger partial charge is 0.493 e. The number of allylic oxidation sites excluding steroid dienone is 1. The number of rotatable bonds is 10. The Kier molecular flexibility index (Phi) is 9.24. The monoisotopic (exact) mass is 680 g/mol. The van der Waals surface area contributed by atoms with Crippen molar-refractivity contribution in [1.29, 1.82) is 0 Å². The van der Waals surface area contributed by atoms with Gasteiger partial charge in [0.25, 0.3) is 11.2 Å². The predicted molar refractivity (Wildman–Crippen MR) is 188 cm³/mol. The van der Waals surface area contributed by atoms with Crippen LogP contribution in [0.1, 0.15) is 56.1 Å². The molecule has 11 nitrogen and oxygen atoms in total. The van der Waals surface area contributed by atoms with E-state index in [4.69, 9.17) is 19.2 Å². The van der Waals surface area contributed by atoms with Crippen LogP contribution in [0.25, 0.3) is 17.0 Å². The summed E-state index contributed by atoms with van der Waals surface area (Å²) in [5.74, 6) is 0.477. The molecule has 0 unspecified atom stereocenters. The standard InChI is InChI=1S/C37H36N4O7S/c1-7-47-36(43)33-22(4)38-37-40(34(33)25-14-17-30(48-21(2)3)31(18-25)46-6)35(42)32(49-37)19-28-23(5)39(29-11-9-8-10-27(28)29)20-24-12-15-26(16-13-24)41(44)45/h8-19,21,34H,7,20H2,1-6H3/b32-19-/t34-/m1/s1. The van der Waals surface area contributed by atoms with Gasteiger partial charge in [-0.2, -0.15) is 0 Å². The van der Waals surface area contributed by atoms with Gasteiger partial charge in [-0.25, -0.2) is 9.79 Å². The van der Waals surface area contributed by atoms with E-state index in [1.54, 1.807) is 49.8 Å². The van der Waals surface area contributed by atoms with Crippen molar-refractivity contribution in [1.82, 2.24) is 9.13 Å². The van der Waals surface area contributed by atoms with Crippen molar-refractivity contribution < 1.29 is 23.9 Å². The van der Waals surface area contributed by atoms with Crippen LogP contribution in [0, 0.1) is 17.0 Å². The Morgan fingerprint density at radius 2 is 1.82 bits per heavy atom. The topological polar surface area (TPSA) is 127 Å². The average Bonchev–Trinajstić information content (AvgIpc) is 3.52. The summed E-state index contributed by atoms with van der Waals surface area (Å²) in [6.07, 6.45) is 1.80. The van der Waals surface area contributed by atoms with Crippen LogP contribution in [0.4, 0.5) is 5.69 Å². The number of fused-ring (bicyclic) bond motifs is 2. The molecule has 1 atom stereocenters. The number of para-hydroxylation sites is 1. The molecule has 49 heavy (non-hydrogen) atoms. The quantitative estimate of drug-likeness (QED) is 0.103. The van der Waals surface area contributed by atoms with Crippen molar-refractivity contribution in [2.45, 2.75) is 53.3 Å². The van der Waals surface area contributed by atoms with E-state index in [1.807, 2.05) is 57.2 Å². The zero-order chi connectivity index (χ0) is 35.0. The van der Waals surface area contributed by atoms with Crippen LogP contribution >= 0.6 is 11.3 Å². The maximum atomic E-state index is 14.4. The van der Waals surface area contributed by atoms with Crippen LogP contribution in [0.2, 0.25) is 0 Å². The highest BCUT2D eigenvalue weighted by molar-refractivity contribution is 7.07. The minimum absolute atomic E-state index is 0.0341. The fourth-order valence-electron chi connectivity index (χ4n) is 6.19. The minimum Gasteiger partial charge on any atom is -0.493 e. The molecule has 0 spiro atoms. The van der Waals surface area contributed by atoms with Gasteiger partial charge in [0, 0.05) is 40.8 Å². The molecule has 12 heteroatoms. The third-order valence-corrected chi connectivity index (χ3v) is 9.41. The highest BCUT2D eigenvalue weighted by Gasteiger charge is 2.34. The number of thiazole rings is 1. The first-order valence-corrected chi connectivity index (χ1v) is 16.7. The normalized spacial score (nSPS) is 14.6. The Morgan fingerprint density at radius 3 is 2.49 bits per heavy atom. The van der Waals surface area contributed by atoms with Gasteiger partial charge in [-0.05, 0) is 70.0 Å². The molecule has 6 rings (SSSR count). The number of nitrogens with zero attached hydrogens (tertiary/aromatic N) is 4. The third-order valence-electron chi connectivity index (χ3n) is 8.43. The van der Waals surface area contributed by atoms with E-state index < -0.39 is 16.9 Å². The molecule has 2 aromatic heterocycles. The van der Waals surface area contributed by atoms with E-state index in [0.29, 0.717) is 38.6 Å². The van der Waals surface area contributed by atoms with Crippen molar-refractivity contribution in [2.75, 3.05) is 13.7 Å². The Balaban J connectivity index is 1.51. The minimum atomic E-state index is -0.816. The van der Waals surface area contributed by atoms with E-state index >= 15 is 0 Å². The van der Waals surface area contributed by atoms with Crippen LogP contribution in [0.3, 0.4) is 0 Å². The van der Waals surface area contributed by atoms with Gasteiger partial charge < -0.3 is 18.8 Å². The molecule has 0 aliphatic carbocycles. The molecule has 1 aliphatic rings. The molecule has 5 aromatic rings. The number of nitro benzene ring substituents is 1. The van der Waals surface area contributed by atoms with Crippen molar-refractivity contribution in [2.24, 2.45) is 4.99 Å². The zero-order valence-electron chi connectivity index (χ0n) is 28.1. The number of carbonyl (C=O) groups excluding carboxylic acids is 1. The fourth-order valence-corrected chi connectivity index (χ4v) is 7.22. The smallest absolute Gasteiger partial charge is 0.338 e. The highest BCUT2D eigenvalue weighted by Crippen LogP contribution is 2.37. The zero-order valence-corrected chi connectivity index (χ0v) is 28.9. The number of hydrogen-bond acceptors (Lipinski definition) is 9. The van der Waals surface area contributed by atoms with Crippen LogP contribution in [0.15, 0.2) is 87.8 Å². The first kappa shape index (κ1) is 33.4. The van der Waals surface area contributed by atoms with Crippen molar-refractivity contribution >= 4 is 40.0 Å². The molecule has 0 radical (unpaired) electrons. The maximum Gasteiger partial charge on any atom is 0.338 e. The number of carbonyl (C=O) groups is 1. The van der Waals surface area contributed by atoms with Gasteiger partial charge in [0.2, 0.25) is 0 Å². The molecule has 0 fully saturated rings. The number of non-ortho nitro benzene ring substituents is 1. The van der Waals surface area contributed by atoms with Gasteiger partial charge in [0.1, 0.15) is 0 Å². The summed E-state index contributed by atoms with van der Waals surface area (Å²) in [6.45, 7) is 9.97. The summed E-state index contributed by atoms with van der Waals surface area (Å²) in [6, 6.07) is 19.0. The summed E-state index contributed by atoms with van der Waals surface area (Å²) in [7, 11) is 1.55. The number of aromatic nitrogens is 2. The predicted octanol–water partition coefficient (Wildman–Crippen LogP) is 5.81. The second kappa shape index (κ2) is 13.6. The van der Waals surface area contributed by atoms with Gasteiger partial charge in [0.15, 0.2) is 16.3 Å². The molecule has 3 aromatic carbocycles. The lowest BCUT2D eigenvalue weighted by molar-refractivity contribution is -0.384. The third kappa shape index (κ3) is 6.27. The summed E-state index contributed by atoms with van der Waals surface area (Å²) < 4.78 is 21.2. The molecular weight excluding hydrogens is 644 g/mol. The first-order chi connectivity index (χ1) is 23.5. The van der Waals surface area contributed by atoms with Gasteiger partial charge in [-0.1, -0.05) is 47.7 Å². The molecule has 0 saturated carbocycles. The van der Waals surface area contributed by atoms with Crippen molar-refractivity contribution in [3.8, 4) is 11.5 Å². The van der Waals surface area contributed by atoms with E-state index in [2.05, 4.69) is 4.57 Å². The fraction of sp³-hybridized carbons (Fsp3) is 0.270. The molecule has 0 bridgehead atoms. The van der Waals surface area contributed by atoms with Crippen LogP contribution in [0.5, 0.6) is 11.5 Å². The Hall–Kier alpha value is -5.49. The van der Waals surface area contributed by atoms with E-state index in [-0.39, 0.29) is 29.5 Å². The van der Waals surface area contributed by atoms with Crippen LogP contribution in [-0.2, 0) is 16.1 Å². The second-order valence-corrected chi connectivity index (χ2v) is 12.9. The Bertz CT molecular complexity index is 2310. The number of nitro groups is 1. The maximum absolute atomic E-state index is 14.4. The molecule has 252 valence electrons. The second-order valence-electron chi connectivity index (χ2n) is 11.9. The number of hydrogen-bond donors (Lipinski definition) is 0. The number of esters is 1. The Morgan fingerprint density at radius 1 is 1.08 bits per heavy atom. The summed E-state index contributed by atoms with van der Waals surface area (Å²) in [4.78, 5) is 43.8. The van der Waals surface area contributed by atoms with E-state index in [1.165, 1.54) is 23.5 Å². The average molecular weight is 681 g/mol. The summed E-state index contributed by atoms with van der Waals surface area (Å²) >= 11 is 1.26.